The Morgan fingerprint density at radius 1 is 0.917 bits per heavy atom. The Bertz CT molecular complexity index is 963. The van der Waals surface area contributed by atoms with E-state index in [1.807, 2.05) is 6.07 Å². The number of para-hydroxylation sites is 1. The summed E-state index contributed by atoms with van der Waals surface area (Å²) in [6.45, 7) is 4.25. The van der Waals surface area contributed by atoms with Crippen molar-refractivity contribution in [2.45, 2.75) is 25.9 Å². The highest BCUT2D eigenvalue weighted by Crippen LogP contribution is 2.31. The molecule has 2 heterocycles. The minimum Gasteiger partial charge on any atom is -0.350 e. The van der Waals surface area contributed by atoms with E-state index in [9.17, 15) is 0 Å². The van der Waals surface area contributed by atoms with Gasteiger partial charge in [0.05, 0.1) is 11.4 Å². The zero-order valence-corrected chi connectivity index (χ0v) is 14.3. The van der Waals surface area contributed by atoms with Crippen LogP contribution in [-0.2, 0) is 7.05 Å². The summed E-state index contributed by atoms with van der Waals surface area (Å²) in [5, 5.41) is 1.22. The van der Waals surface area contributed by atoms with E-state index in [4.69, 9.17) is 9.98 Å². The molecule has 1 unspecified atom stereocenters. The number of aryl methyl sites for hydroxylation is 1. The van der Waals surface area contributed by atoms with Crippen LogP contribution in [0.15, 0.2) is 70.8 Å². The molecule has 3 heteroatoms. The van der Waals surface area contributed by atoms with Gasteiger partial charge in [-0.3, -0.25) is 9.98 Å². The Hall–Kier alpha value is -2.68. The Balaban J connectivity index is 1.95. The molecule has 3 aromatic rings. The van der Waals surface area contributed by atoms with Gasteiger partial charge in [-0.2, -0.15) is 0 Å². The van der Waals surface area contributed by atoms with Crippen molar-refractivity contribution >= 4 is 22.3 Å². The molecule has 0 saturated carbocycles. The molecule has 0 N–H and O–H groups in total. The molecule has 120 valence electrons. The minimum atomic E-state index is -0.378. The van der Waals surface area contributed by atoms with Gasteiger partial charge in [0.2, 0.25) is 0 Å². The Morgan fingerprint density at radius 3 is 2.33 bits per heavy atom. The van der Waals surface area contributed by atoms with E-state index in [-0.39, 0.29) is 5.66 Å². The van der Waals surface area contributed by atoms with Crippen LogP contribution < -0.4 is 0 Å². The summed E-state index contributed by atoms with van der Waals surface area (Å²) in [7, 11) is 2.08. The van der Waals surface area contributed by atoms with Gasteiger partial charge in [-0.1, -0.05) is 55.5 Å². The number of aliphatic imine (C=N–C) groups is 2. The van der Waals surface area contributed by atoms with Gasteiger partial charge < -0.3 is 4.57 Å². The van der Waals surface area contributed by atoms with Gasteiger partial charge in [0.25, 0.3) is 0 Å². The molecule has 4 rings (SSSR count). The minimum absolute atomic E-state index is 0.378. The van der Waals surface area contributed by atoms with Crippen molar-refractivity contribution in [2.24, 2.45) is 17.0 Å². The summed E-state index contributed by atoms with van der Waals surface area (Å²) in [5.74, 6) is 0. The second kappa shape index (κ2) is 5.45. The molecular formula is C21H21N3. The predicted molar refractivity (Wildman–Crippen MR) is 101 cm³/mol. The van der Waals surface area contributed by atoms with Crippen molar-refractivity contribution in [3.63, 3.8) is 0 Å². The van der Waals surface area contributed by atoms with Crippen LogP contribution in [0, 0.1) is 0 Å². The summed E-state index contributed by atoms with van der Waals surface area (Å²) < 4.78 is 2.16. The quantitative estimate of drug-likeness (QED) is 0.676. The second-order valence-corrected chi connectivity index (χ2v) is 6.53. The molecule has 0 radical (unpaired) electrons. The zero-order valence-electron chi connectivity index (χ0n) is 14.3. The molecule has 0 bridgehead atoms. The molecule has 1 aliphatic rings. The maximum atomic E-state index is 5.03. The number of nitrogens with zero attached hydrogens (tertiary/aromatic N) is 3. The SMILES string of the molecule is CCC1(C)N=C(c2ccccc2)C(c2cn(C)c3ccccc23)=N1. The molecule has 0 spiro atoms. The standard InChI is InChI=1S/C21H21N3/c1-4-21(2)22-19(15-10-6-5-7-11-15)20(23-21)17-14-24(3)18-13-9-8-12-16(17)18/h5-14H,4H2,1-3H3. The third kappa shape index (κ3) is 2.28. The first-order chi connectivity index (χ1) is 11.6. The first-order valence-corrected chi connectivity index (χ1v) is 8.41. The third-order valence-electron chi connectivity index (χ3n) is 4.80. The van der Waals surface area contributed by atoms with Crippen molar-refractivity contribution in [1.29, 1.82) is 0 Å². The van der Waals surface area contributed by atoms with E-state index in [0.717, 1.165) is 29.0 Å². The van der Waals surface area contributed by atoms with E-state index < -0.39 is 0 Å². The normalized spacial score (nSPS) is 20.3. The molecule has 1 atom stereocenters. The highest BCUT2D eigenvalue weighted by atomic mass is 15.1. The fraction of sp³-hybridized carbons (Fsp3) is 0.238. The Labute approximate surface area is 142 Å². The smallest absolute Gasteiger partial charge is 0.148 e. The third-order valence-corrected chi connectivity index (χ3v) is 4.80. The fourth-order valence-corrected chi connectivity index (χ4v) is 3.29. The number of aromatic nitrogens is 1. The lowest BCUT2D eigenvalue weighted by molar-refractivity contribution is 0.491. The molecular weight excluding hydrogens is 294 g/mol. The molecule has 1 aliphatic heterocycles. The summed E-state index contributed by atoms with van der Waals surface area (Å²) in [6.07, 6.45) is 3.06. The summed E-state index contributed by atoms with van der Waals surface area (Å²) in [5.41, 5.74) is 5.12. The van der Waals surface area contributed by atoms with Crippen molar-refractivity contribution in [3.05, 3.63) is 71.9 Å². The number of benzene rings is 2. The fourth-order valence-electron chi connectivity index (χ4n) is 3.29. The van der Waals surface area contributed by atoms with E-state index in [1.54, 1.807) is 0 Å². The van der Waals surface area contributed by atoms with Crippen LogP contribution in [0.25, 0.3) is 10.9 Å². The molecule has 3 nitrogen and oxygen atoms in total. The molecule has 0 saturated heterocycles. The Morgan fingerprint density at radius 2 is 1.58 bits per heavy atom. The monoisotopic (exact) mass is 315 g/mol. The van der Waals surface area contributed by atoms with Gasteiger partial charge in [0, 0.05) is 35.3 Å². The number of hydrogen-bond donors (Lipinski definition) is 0. The van der Waals surface area contributed by atoms with Crippen LogP contribution in [0.4, 0.5) is 0 Å². The highest BCUT2D eigenvalue weighted by Gasteiger charge is 2.32. The van der Waals surface area contributed by atoms with Gasteiger partial charge in [0.1, 0.15) is 5.66 Å². The molecule has 24 heavy (non-hydrogen) atoms. The van der Waals surface area contributed by atoms with Crippen molar-refractivity contribution in [2.75, 3.05) is 0 Å². The summed E-state index contributed by atoms with van der Waals surface area (Å²) >= 11 is 0. The summed E-state index contributed by atoms with van der Waals surface area (Å²) in [6, 6.07) is 18.8. The van der Waals surface area contributed by atoms with Gasteiger partial charge >= 0.3 is 0 Å². The molecule has 0 fully saturated rings. The number of hydrogen-bond acceptors (Lipinski definition) is 2. The first kappa shape index (κ1) is 14.9. The molecule has 0 amide bonds. The lowest BCUT2D eigenvalue weighted by atomic mass is 10.00. The van der Waals surface area contributed by atoms with E-state index >= 15 is 0 Å². The van der Waals surface area contributed by atoms with Crippen LogP contribution in [0.2, 0.25) is 0 Å². The van der Waals surface area contributed by atoms with Gasteiger partial charge in [-0.15, -0.1) is 0 Å². The molecule has 2 aromatic carbocycles. The van der Waals surface area contributed by atoms with Crippen LogP contribution in [0.5, 0.6) is 0 Å². The van der Waals surface area contributed by atoms with Gasteiger partial charge in [-0.05, 0) is 19.4 Å². The van der Waals surface area contributed by atoms with Crippen LogP contribution in [-0.4, -0.2) is 21.7 Å². The second-order valence-electron chi connectivity index (χ2n) is 6.53. The molecule has 1 aromatic heterocycles. The highest BCUT2D eigenvalue weighted by molar-refractivity contribution is 6.56. The topological polar surface area (TPSA) is 29.6 Å². The van der Waals surface area contributed by atoms with Gasteiger partial charge in [-0.25, -0.2) is 0 Å². The summed E-state index contributed by atoms with van der Waals surface area (Å²) in [4.78, 5) is 10.0. The van der Waals surface area contributed by atoms with E-state index in [2.05, 4.69) is 80.2 Å². The first-order valence-electron chi connectivity index (χ1n) is 8.41. The average molecular weight is 315 g/mol. The largest absolute Gasteiger partial charge is 0.350 e. The van der Waals surface area contributed by atoms with Crippen LogP contribution >= 0.6 is 0 Å². The van der Waals surface area contributed by atoms with Crippen LogP contribution in [0.3, 0.4) is 0 Å². The van der Waals surface area contributed by atoms with E-state index in [1.165, 1.54) is 10.9 Å². The zero-order chi connectivity index (χ0) is 16.7. The van der Waals surface area contributed by atoms with Crippen molar-refractivity contribution in [3.8, 4) is 0 Å². The maximum Gasteiger partial charge on any atom is 0.148 e. The maximum absolute atomic E-state index is 5.03. The van der Waals surface area contributed by atoms with E-state index in [0.29, 0.717) is 0 Å². The van der Waals surface area contributed by atoms with Gasteiger partial charge in [0.15, 0.2) is 0 Å². The average Bonchev–Trinajstić information content (AvgIpc) is 3.15. The Kier molecular flexibility index (Phi) is 3.38. The number of fused-ring (bicyclic) bond motifs is 1. The lowest BCUT2D eigenvalue weighted by Crippen LogP contribution is -2.14. The molecule has 0 aliphatic carbocycles. The van der Waals surface area contributed by atoms with Crippen molar-refractivity contribution < 1.29 is 0 Å². The number of rotatable bonds is 3. The lowest BCUT2D eigenvalue weighted by Gasteiger charge is -2.13. The van der Waals surface area contributed by atoms with Crippen LogP contribution in [0.1, 0.15) is 31.4 Å². The van der Waals surface area contributed by atoms with Crippen molar-refractivity contribution in [1.82, 2.24) is 4.57 Å². The predicted octanol–water partition coefficient (Wildman–Crippen LogP) is 4.60.